The van der Waals surface area contributed by atoms with Crippen LogP contribution in [0.15, 0.2) is 12.1 Å². The summed E-state index contributed by atoms with van der Waals surface area (Å²) in [7, 11) is 0. The van der Waals surface area contributed by atoms with Gasteiger partial charge in [-0.15, -0.1) is 0 Å². The summed E-state index contributed by atoms with van der Waals surface area (Å²) in [6.07, 6.45) is 0.466. The Morgan fingerprint density at radius 1 is 1.67 bits per heavy atom. The summed E-state index contributed by atoms with van der Waals surface area (Å²) >= 11 is 0. The zero-order valence-corrected chi connectivity index (χ0v) is 10.1. The Bertz CT molecular complexity index is 464. The van der Waals surface area contributed by atoms with Gasteiger partial charge in [-0.05, 0) is 13.3 Å². The highest BCUT2D eigenvalue weighted by molar-refractivity contribution is 5.54. The van der Waals surface area contributed by atoms with Gasteiger partial charge in [0.05, 0.1) is 23.2 Å². The molecule has 7 nitrogen and oxygen atoms in total. The van der Waals surface area contributed by atoms with Crippen molar-refractivity contribution in [3.8, 4) is 0 Å². The molecular formula is C11H16N4O3. The number of hydrogen-bond acceptors (Lipinski definition) is 6. The second-order valence-electron chi connectivity index (χ2n) is 4.60. The summed E-state index contributed by atoms with van der Waals surface area (Å²) in [5.74, 6) is 0.817. The molecule has 1 saturated heterocycles. The zero-order chi connectivity index (χ0) is 13.3. The van der Waals surface area contributed by atoms with Crippen molar-refractivity contribution in [1.29, 1.82) is 0 Å². The van der Waals surface area contributed by atoms with Crippen LogP contribution in [-0.4, -0.2) is 34.2 Å². The van der Waals surface area contributed by atoms with Gasteiger partial charge in [0.2, 0.25) is 0 Å². The van der Waals surface area contributed by atoms with E-state index in [1.54, 1.807) is 6.92 Å². The van der Waals surface area contributed by atoms with Gasteiger partial charge in [-0.1, -0.05) is 0 Å². The molecule has 98 valence electrons. The summed E-state index contributed by atoms with van der Waals surface area (Å²) in [6, 6.07) is 2.66. The van der Waals surface area contributed by atoms with E-state index < -0.39 is 4.92 Å². The molecule has 1 aromatic heterocycles. The molecule has 1 fully saturated rings. The molecule has 0 bridgehead atoms. The molecule has 0 saturated carbocycles. The van der Waals surface area contributed by atoms with E-state index in [2.05, 4.69) is 4.98 Å². The number of aliphatic hydroxyl groups is 1. The second-order valence-corrected chi connectivity index (χ2v) is 4.60. The second kappa shape index (κ2) is 4.77. The van der Waals surface area contributed by atoms with E-state index in [1.165, 1.54) is 12.1 Å². The standard InChI is InChI=1S/C11H16N4O3/c1-7(16)8-2-3-14(6-8)11-5-9(15(17)18)4-10(12)13-11/h4-5,7-8,16H,2-3,6H2,1H3,(H2,12,13). The largest absolute Gasteiger partial charge is 0.393 e. The van der Waals surface area contributed by atoms with E-state index in [1.807, 2.05) is 4.90 Å². The van der Waals surface area contributed by atoms with Crippen LogP contribution in [0.25, 0.3) is 0 Å². The summed E-state index contributed by atoms with van der Waals surface area (Å²) in [5, 5.41) is 20.3. The maximum Gasteiger partial charge on any atom is 0.276 e. The van der Waals surface area contributed by atoms with Gasteiger partial charge in [-0.25, -0.2) is 4.98 Å². The van der Waals surface area contributed by atoms with Crippen LogP contribution in [0.4, 0.5) is 17.3 Å². The van der Waals surface area contributed by atoms with Crippen LogP contribution in [0.3, 0.4) is 0 Å². The number of nitrogens with zero attached hydrogens (tertiary/aromatic N) is 3. The maximum atomic E-state index is 10.8. The lowest BCUT2D eigenvalue weighted by Gasteiger charge is -2.18. The van der Waals surface area contributed by atoms with Gasteiger partial charge < -0.3 is 15.7 Å². The van der Waals surface area contributed by atoms with Crippen LogP contribution in [0.2, 0.25) is 0 Å². The molecule has 7 heteroatoms. The van der Waals surface area contributed by atoms with Crippen molar-refractivity contribution in [2.24, 2.45) is 5.92 Å². The Hall–Kier alpha value is -1.89. The third kappa shape index (κ3) is 2.51. The van der Waals surface area contributed by atoms with Gasteiger partial charge in [-0.3, -0.25) is 10.1 Å². The molecule has 0 spiro atoms. The highest BCUT2D eigenvalue weighted by Crippen LogP contribution is 2.27. The molecule has 0 aliphatic carbocycles. The van der Waals surface area contributed by atoms with Gasteiger partial charge in [-0.2, -0.15) is 0 Å². The van der Waals surface area contributed by atoms with Crippen LogP contribution < -0.4 is 10.6 Å². The van der Waals surface area contributed by atoms with Crippen LogP contribution in [0, 0.1) is 16.0 Å². The first-order chi connectivity index (χ1) is 8.47. The molecule has 0 radical (unpaired) electrons. The average Bonchev–Trinajstić information content (AvgIpc) is 2.77. The zero-order valence-electron chi connectivity index (χ0n) is 10.1. The smallest absolute Gasteiger partial charge is 0.276 e. The Morgan fingerprint density at radius 3 is 2.94 bits per heavy atom. The third-order valence-electron chi connectivity index (χ3n) is 3.26. The molecule has 0 aromatic carbocycles. The van der Waals surface area contributed by atoms with E-state index in [4.69, 9.17) is 5.73 Å². The predicted octanol–water partition coefficient (Wildman–Crippen LogP) is 0.779. The van der Waals surface area contributed by atoms with Crippen LogP contribution in [0.5, 0.6) is 0 Å². The van der Waals surface area contributed by atoms with Gasteiger partial charge in [0.15, 0.2) is 0 Å². The van der Waals surface area contributed by atoms with E-state index in [-0.39, 0.29) is 23.5 Å². The first kappa shape index (κ1) is 12.6. The first-order valence-electron chi connectivity index (χ1n) is 5.82. The fraction of sp³-hybridized carbons (Fsp3) is 0.545. The summed E-state index contributed by atoms with van der Waals surface area (Å²) in [4.78, 5) is 16.3. The quantitative estimate of drug-likeness (QED) is 0.608. The minimum Gasteiger partial charge on any atom is -0.393 e. The number of nitro groups is 1. The van der Waals surface area contributed by atoms with Crippen molar-refractivity contribution < 1.29 is 10.0 Å². The molecule has 3 N–H and O–H groups in total. The van der Waals surface area contributed by atoms with Gasteiger partial charge in [0.25, 0.3) is 5.69 Å². The number of nitrogen functional groups attached to an aromatic ring is 1. The Kier molecular flexibility index (Phi) is 3.33. The summed E-state index contributed by atoms with van der Waals surface area (Å²) in [6.45, 7) is 3.12. The molecule has 2 heterocycles. The van der Waals surface area contributed by atoms with Crippen LogP contribution >= 0.6 is 0 Å². The van der Waals surface area contributed by atoms with Crippen molar-refractivity contribution in [3.63, 3.8) is 0 Å². The SMILES string of the molecule is CC(O)C1CCN(c2cc([N+](=O)[O-])cc(N)n2)C1. The molecule has 1 aliphatic rings. The highest BCUT2D eigenvalue weighted by Gasteiger charge is 2.27. The number of hydrogen-bond donors (Lipinski definition) is 2. The van der Waals surface area contributed by atoms with E-state index in [9.17, 15) is 15.2 Å². The number of aromatic nitrogens is 1. The Balaban J connectivity index is 2.21. The molecule has 18 heavy (non-hydrogen) atoms. The Labute approximate surface area is 104 Å². The van der Waals surface area contributed by atoms with Crippen molar-refractivity contribution in [3.05, 3.63) is 22.2 Å². The van der Waals surface area contributed by atoms with E-state index >= 15 is 0 Å². The molecule has 1 aliphatic heterocycles. The molecular weight excluding hydrogens is 236 g/mol. The average molecular weight is 252 g/mol. The van der Waals surface area contributed by atoms with Gasteiger partial charge in [0, 0.05) is 19.0 Å². The van der Waals surface area contributed by atoms with E-state index in [0.29, 0.717) is 12.4 Å². The van der Waals surface area contributed by atoms with Gasteiger partial charge in [0.1, 0.15) is 11.6 Å². The van der Waals surface area contributed by atoms with Crippen molar-refractivity contribution >= 4 is 17.3 Å². The predicted molar refractivity (Wildman–Crippen MR) is 67.3 cm³/mol. The maximum absolute atomic E-state index is 10.8. The number of nitrogens with two attached hydrogens (primary N) is 1. The third-order valence-corrected chi connectivity index (χ3v) is 3.26. The van der Waals surface area contributed by atoms with Crippen molar-refractivity contribution in [1.82, 2.24) is 4.98 Å². The minimum absolute atomic E-state index is 0.0574. The number of pyridine rings is 1. The van der Waals surface area contributed by atoms with E-state index in [0.717, 1.165) is 13.0 Å². The lowest BCUT2D eigenvalue weighted by atomic mass is 10.0. The molecule has 2 rings (SSSR count). The normalized spacial score (nSPS) is 21.0. The number of anilines is 2. The fourth-order valence-corrected chi connectivity index (χ4v) is 2.18. The Morgan fingerprint density at radius 2 is 2.39 bits per heavy atom. The van der Waals surface area contributed by atoms with Crippen molar-refractivity contribution in [2.45, 2.75) is 19.4 Å². The fourth-order valence-electron chi connectivity index (χ4n) is 2.18. The van der Waals surface area contributed by atoms with Crippen LogP contribution in [-0.2, 0) is 0 Å². The highest BCUT2D eigenvalue weighted by atomic mass is 16.6. The lowest BCUT2D eigenvalue weighted by Crippen LogP contribution is -2.24. The lowest BCUT2D eigenvalue weighted by molar-refractivity contribution is -0.384. The summed E-state index contributed by atoms with van der Waals surface area (Å²) < 4.78 is 0. The van der Waals surface area contributed by atoms with Gasteiger partial charge >= 0.3 is 0 Å². The molecule has 2 unspecified atom stereocenters. The summed E-state index contributed by atoms with van der Waals surface area (Å²) in [5.41, 5.74) is 5.51. The number of aliphatic hydroxyl groups excluding tert-OH is 1. The molecule has 0 amide bonds. The molecule has 2 atom stereocenters. The first-order valence-corrected chi connectivity index (χ1v) is 5.82. The monoisotopic (exact) mass is 252 g/mol. The molecule has 1 aromatic rings. The van der Waals surface area contributed by atoms with Crippen LogP contribution in [0.1, 0.15) is 13.3 Å². The van der Waals surface area contributed by atoms with Crippen molar-refractivity contribution in [2.75, 3.05) is 23.7 Å². The number of rotatable bonds is 3. The topological polar surface area (TPSA) is 106 Å². The minimum atomic E-state index is -0.482.